The van der Waals surface area contributed by atoms with Crippen LogP contribution in [0.5, 0.6) is 0 Å². The molecule has 1 aliphatic heterocycles. The zero-order valence-electron chi connectivity index (χ0n) is 14.4. The van der Waals surface area contributed by atoms with Gasteiger partial charge in [0.15, 0.2) is 0 Å². The molecule has 6 nitrogen and oxygen atoms in total. The molecule has 26 heavy (non-hydrogen) atoms. The summed E-state index contributed by atoms with van der Waals surface area (Å²) in [5.41, 5.74) is 1.18. The number of rotatable bonds is 6. The van der Waals surface area contributed by atoms with Gasteiger partial charge < -0.3 is 10.6 Å². The molecule has 0 aliphatic carbocycles. The Morgan fingerprint density at radius 1 is 1.04 bits per heavy atom. The fraction of sp³-hybridized carbons (Fsp3) is 0.316. The number of hydrogen-bond acceptors (Lipinski definition) is 4. The maximum Gasteiger partial charge on any atom is 0.261 e. The number of nitrogens with one attached hydrogen (secondary N) is 3. The molecule has 1 aliphatic rings. The van der Waals surface area contributed by atoms with Gasteiger partial charge >= 0.3 is 0 Å². The predicted molar refractivity (Wildman–Crippen MR) is 101 cm³/mol. The molecule has 0 saturated carbocycles. The van der Waals surface area contributed by atoms with Gasteiger partial charge in [-0.1, -0.05) is 42.8 Å². The summed E-state index contributed by atoms with van der Waals surface area (Å²) in [5, 5.41) is 6.10. The van der Waals surface area contributed by atoms with E-state index in [9.17, 15) is 13.2 Å². The smallest absolute Gasteiger partial charge is 0.261 e. The van der Waals surface area contributed by atoms with Crippen LogP contribution in [-0.2, 0) is 21.4 Å². The standard InChI is InChI=1S/C19H23N3O3S/c23-19(18-12-6-7-13-20-18)21-14-15-8-4-5-11-17(15)22-26(24,25)16-9-2-1-3-10-16/h1-5,8-11,18,20,22H,6-7,12-14H2,(H,21,23). The number of piperidine rings is 1. The van der Waals surface area contributed by atoms with E-state index < -0.39 is 10.0 Å². The minimum Gasteiger partial charge on any atom is -0.351 e. The molecular formula is C19H23N3O3S. The zero-order valence-corrected chi connectivity index (χ0v) is 15.3. The number of anilines is 1. The van der Waals surface area contributed by atoms with Gasteiger partial charge in [-0.15, -0.1) is 0 Å². The van der Waals surface area contributed by atoms with Crippen LogP contribution in [-0.4, -0.2) is 26.9 Å². The minimum atomic E-state index is -3.67. The van der Waals surface area contributed by atoms with Crippen LogP contribution in [0.2, 0.25) is 0 Å². The van der Waals surface area contributed by atoms with Crippen molar-refractivity contribution in [3.8, 4) is 0 Å². The molecule has 0 aromatic heterocycles. The van der Waals surface area contributed by atoms with Crippen LogP contribution in [0.25, 0.3) is 0 Å². The van der Waals surface area contributed by atoms with Gasteiger partial charge in [0.05, 0.1) is 16.6 Å². The van der Waals surface area contributed by atoms with Crippen molar-refractivity contribution in [3.63, 3.8) is 0 Å². The van der Waals surface area contributed by atoms with E-state index in [-0.39, 0.29) is 23.4 Å². The predicted octanol–water partition coefficient (Wildman–Crippen LogP) is 2.25. The van der Waals surface area contributed by atoms with Crippen molar-refractivity contribution in [2.45, 2.75) is 36.7 Å². The topological polar surface area (TPSA) is 87.3 Å². The lowest BCUT2D eigenvalue weighted by molar-refractivity contribution is -0.123. The first-order valence-electron chi connectivity index (χ1n) is 8.73. The Hall–Kier alpha value is -2.38. The van der Waals surface area contributed by atoms with E-state index in [0.29, 0.717) is 5.69 Å². The Kier molecular flexibility index (Phi) is 5.90. The van der Waals surface area contributed by atoms with Gasteiger partial charge in [0.2, 0.25) is 5.91 Å². The molecule has 3 N–H and O–H groups in total. The maximum atomic E-state index is 12.5. The largest absolute Gasteiger partial charge is 0.351 e. The molecule has 1 fully saturated rings. The summed E-state index contributed by atoms with van der Waals surface area (Å²) in [6.07, 6.45) is 2.96. The highest BCUT2D eigenvalue weighted by Crippen LogP contribution is 2.20. The first-order valence-corrected chi connectivity index (χ1v) is 10.2. The van der Waals surface area contributed by atoms with Crippen LogP contribution >= 0.6 is 0 Å². The Morgan fingerprint density at radius 2 is 1.77 bits per heavy atom. The van der Waals surface area contributed by atoms with Gasteiger partial charge in [-0.3, -0.25) is 9.52 Å². The highest BCUT2D eigenvalue weighted by Gasteiger charge is 2.21. The highest BCUT2D eigenvalue weighted by molar-refractivity contribution is 7.92. The van der Waals surface area contributed by atoms with E-state index in [1.807, 2.05) is 6.07 Å². The second kappa shape index (κ2) is 8.33. The SMILES string of the molecule is O=C(NCc1ccccc1NS(=O)(=O)c1ccccc1)C1CCCCN1. The number of para-hydroxylation sites is 1. The average Bonchev–Trinajstić information content (AvgIpc) is 2.68. The lowest BCUT2D eigenvalue weighted by atomic mass is 10.0. The van der Waals surface area contributed by atoms with Crippen LogP contribution in [0.1, 0.15) is 24.8 Å². The third-order valence-corrected chi connectivity index (χ3v) is 5.78. The van der Waals surface area contributed by atoms with E-state index in [0.717, 1.165) is 31.4 Å². The number of sulfonamides is 1. The lowest BCUT2D eigenvalue weighted by Gasteiger charge is -2.22. The second-order valence-electron chi connectivity index (χ2n) is 6.30. The average molecular weight is 373 g/mol. The van der Waals surface area contributed by atoms with Crippen molar-refractivity contribution >= 4 is 21.6 Å². The van der Waals surface area contributed by atoms with Crippen LogP contribution in [0, 0.1) is 0 Å². The van der Waals surface area contributed by atoms with E-state index in [1.165, 1.54) is 0 Å². The molecule has 0 spiro atoms. The van der Waals surface area contributed by atoms with Crippen molar-refractivity contribution in [1.82, 2.24) is 10.6 Å². The fourth-order valence-electron chi connectivity index (χ4n) is 2.96. The van der Waals surface area contributed by atoms with E-state index in [1.54, 1.807) is 48.5 Å². The molecule has 1 atom stereocenters. The Morgan fingerprint density at radius 3 is 2.50 bits per heavy atom. The van der Waals surface area contributed by atoms with Gasteiger partial charge in [-0.05, 0) is 43.1 Å². The number of carbonyl (C=O) groups excluding carboxylic acids is 1. The molecule has 7 heteroatoms. The number of benzene rings is 2. The molecule has 0 radical (unpaired) electrons. The normalized spacial score (nSPS) is 17.5. The van der Waals surface area contributed by atoms with Gasteiger partial charge in [-0.25, -0.2) is 8.42 Å². The lowest BCUT2D eigenvalue weighted by Crippen LogP contribution is -2.46. The summed E-state index contributed by atoms with van der Waals surface area (Å²) < 4.78 is 27.7. The number of amides is 1. The fourth-order valence-corrected chi connectivity index (χ4v) is 4.08. The molecule has 3 rings (SSSR count). The van der Waals surface area contributed by atoms with Crippen molar-refractivity contribution < 1.29 is 13.2 Å². The Labute approximate surface area is 154 Å². The van der Waals surface area contributed by atoms with Crippen LogP contribution in [0.15, 0.2) is 59.5 Å². The van der Waals surface area contributed by atoms with Crippen LogP contribution in [0.4, 0.5) is 5.69 Å². The molecule has 1 unspecified atom stereocenters. The Balaban J connectivity index is 1.69. The molecule has 0 bridgehead atoms. The molecule has 1 heterocycles. The summed E-state index contributed by atoms with van der Waals surface area (Å²) in [4.78, 5) is 12.5. The summed E-state index contributed by atoms with van der Waals surface area (Å²) in [6, 6.07) is 15.1. The maximum absolute atomic E-state index is 12.5. The summed E-state index contributed by atoms with van der Waals surface area (Å²) in [5.74, 6) is -0.0505. The van der Waals surface area contributed by atoms with Crippen molar-refractivity contribution in [2.24, 2.45) is 0 Å². The molecule has 2 aromatic carbocycles. The first kappa shape index (κ1) is 18.4. The monoisotopic (exact) mass is 373 g/mol. The Bertz CT molecular complexity index is 847. The van der Waals surface area contributed by atoms with Crippen LogP contribution in [0.3, 0.4) is 0 Å². The van der Waals surface area contributed by atoms with Gasteiger partial charge in [0.25, 0.3) is 10.0 Å². The van der Waals surface area contributed by atoms with Crippen molar-refractivity contribution in [1.29, 1.82) is 0 Å². The molecule has 138 valence electrons. The van der Waals surface area contributed by atoms with E-state index in [4.69, 9.17) is 0 Å². The van der Waals surface area contributed by atoms with E-state index in [2.05, 4.69) is 15.4 Å². The molecule has 2 aromatic rings. The summed E-state index contributed by atoms with van der Waals surface area (Å²) >= 11 is 0. The van der Waals surface area contributed by atoms with Gasteiger partial charge in [-0.2, -0.15) is 0 Å². The van der Waals surface area contributed by atoms with Crippen molar-refractivity contribution in [3.05, 3.63) is 60.2 Å². The summed E-state index contributed by atoms with van der Waals surface area (Å²) in [7, 11) is -3.67. The molecular weight excluding hydrogens is 350 g/mol. The minimum absolute atomic E-state index is 0.0505. The number of carbonyl (C=O) groups is 1. The quantitative estimate of drug-likeness (QED) is 0.725. The third-order valence-electron chi connectivity index (χ3n) is 4.40. The second-order valence-corrected chi connectivity index (χ2v) is 7.98. The van der Waals surface area contributed by atoms with Crippen LogP contribution < -0.4 is 15.4 Å². The van der Waals surface area contributed by atoms with E-state index >= 15 is 0 Å². The van der Waals surface area contributed by atoms with Crippen molar-refractivity contribution in [2.75, 3.05) is 11.3 Å². The highest BCUT2D eigenvalue weighted by atomic mass is 32.2. The third kappa shape index (κ3) is 4.62. The molecule has 1 saturated heterocycles. The van der Waals surface area contributed by atoms with Gasteiger partial charge in [0, 0.05) is 6.54 Å². The number of hydrogen-bond donors (Lipinski definition) is 3. The first-order chi connectivity index (χ1) is 12.6. The summed E-state index contributed by atoms with van der Waals surface area (Å²) in [6.45, 7) is 1.12. The van der Waals surface area contributed by atoms with Gasteiger partial charge in [0.1, 0.15) is 0 Å². The zero-order chi connectivity index (χ0) is 18.4. The molecule has 1 amide bonds.